The van der Waals surface area contributed by atoms with Gasteiger partial charge in [0.2, 0.25) is 5.91 Å². The van der Waals surface area contributed by atoms with Crippen molar-refractivity contribution in [3.8, 4) is 0 Å². The zero-order valence-corrected chi connectivity index (χ0v) is 16.0. The Morgan fingerprint density at radius 1 is 1.04 bits per heavy atom. The fourth-order valence-electron chi connectivity index (χ4n) is 4.26. The van der Waals surface area contributed by atoms with Crippen LogP contribution in [0.1, 0.15) is 54.5 Å². The van der Waals surface area contributed by atoms with Gasteiger partial charge >= 0.3 is 0 Å². The largest absolute Gasteiger partial charge is 0.468 e. The Morgan fingerprint density at radius 3 is 2.54 bits per heavy atom. The van der Waals surface area contributed by atoms with Gasteiger partial charge in [0.25, 0.3) is 5.91 Å². The number of nitrogens with zero attached hydrogens (tertiary/aromatic N) is 2. The minimum absolute atomic E-state index is 0.0230. The number of hydrogen-bond donors (Lipinski definition) is 1. The number of rotatable bonds is 6. The van der Waals surface area contributed by atoms with E-state index in [-0.39, 0.29) is 23.6 Å². The lowest BCUT2D eigenvalue weighted by atomic mass is 10.1. The molecule has 150 valence electrons. The molecule has 0 radical (unpaired) electrons. The number of likely N-dealkylation sites (tertiary alicyclic amines) is 2. The van der Waals surface area contributed by atoms with E-state index in [0.717, 1.165) is 25.3 Å². The third-order valence-corrected chi connectivity index (χ3v) is 5.72. The van der Waals surface area contributed by atoms with E-state index in [1.807, 2.05) is 12.1 Å². The molecular weight excluding hydrogens is 358 g/mol. The van der Waals surface area contributed by atoms with Crippen LogP contribution in [0.2, 0.25) is 0 Å². The van der Waals surface area contributed by atoms with E-state index in [0.29, 0.717) is 19.5 Å². The molecule has 1 unspecified atom stereocenters. The maximum Gasteiger partial charge on any atom is 0.290 e. The second-order valence-electron chi connectivity index (χ2n) is 7.51. The Morgan fingerprint density at radius 2 is 1.82 bits per heavy atom. The average Bonchev–Trinajstić information content (AvgIpc) is 3.51. The first-order chi connectivity index (χ1) is 13.7. The maximum absolute atomic E-state index is 12.9. The molecule has 0 aromatic carbocycles. The molecule has 4 heterocycles. The average molecular weight is 385 g/mol. The molecule has 2 amide bonds. The van der Waals surface area contributed by atoms with Gasteiger partial charge in [-0.3, -0.25) is 14.5 Å². The van der Waals surface area contributed by atoms with Crippen LogP contribution in [0.5, 0.6) is 0 Å². The summed E-state index contributed by atoms with van der Waals surface area (Å²) in [4.78, 5) is 29.5. The predicted octanol–water partition coefficient (Wildman–Crippen LogP) is 2.82. The van der Waals surface area contributed by atoms with Crippen molar-refractivity contribution in [3.63, 3.8) is 0 Å². The van der Waals surface area contributed by atoms with E-state index in [1.165, 1.54) is 25.5 Å². The molecule has 2 saturated heterocycles. The van der Waals surface area contributed by atoms with E-state index < -0.39 is 6.04 Å². The van der Waals surface area contributed by atoms with Gasteiger partial charge in [-0.2, -0.15) is 0 Å². The summed E-state index contributed by atoms with van der Waals surface area (Å²) in [6.07, 6.45) is 8.23. The van der Waals surface area contributed by atoms with Crippen molar-refractivity contribution in [1.82, 2.24) is 15.1 Å². The Hall–Kier alpha value is -2.54. The van der Waals surface area contributed by atoms with Crippen LogP contribution in [0.3, 0.4) is 0 Å². The highest BCUT2D eigenvalue weighted by Crippen LogP contribution is 2.25. The summed E-state index contributed by atoms with van der Waals surface area (Å²) in [7, 11) is 0. The van der Waals surface area contributed by atoms with Crippen LogP contribution in [0.15, 0.2) is 45.6 Å². The van der Waals surface area contributed by atoms with Crippen molar-refractivity contribution in [2.45, 2.75) is 44.2 Å². The van der Waals surface area contributed by atoms with Gasteiger partial charge in [-0.1, -0.05) is 6.42 Å². The van der Waals surface area contributed by atoms with Crippen LogP contribution in [0.4, 0.5) is 0 Å². The molecule has 0 aliphatic carbocycles. The summed E-state index contributed by atoms with van der Waals surface area (Å²) in [6, 6.07) is 6.75. The molecule has 0 saturated carbocycles. The van der Waals surface area contributed by atoms with Crippen LogP contribution in [0, 0.1) is 0 Å². The molecule has 2 aromatic heterocycles. The number of nitrogens with one attached hydrogen (secondary N) is 1. The normalized spacial score (nSPS) is 21.6. The van der Waals surface area contributed by atoms with Crippen LogP contribution >= 0.6 is 0 Å². The predicted molar refractivity (Wildman–Crippen MR) is 103 cm³/mol. The fourth-order valence-corrected chi connectivity index (χ4v) is 4.26. The lowest BCUT2D eigenvalue weighted by molar-refractivity contribution is -0.125. The van der Waals surface area contributed by atoms with Gasteiger partial charge in [0.05, 0.1) is 18.6 Å². The Bertz CT molecular complexity index is 766. The van der Waals surface area contributed by atoms with Crippen molar-refractivity contribution in [2.24, 2.45) is 0 Å². The molecule has 7 heteroatoms. The maximum atomic E-state index is 12.9. The summed E-state index contributed by atoms with van der Waals surface area (Å²) < 4.78 is 10.9. The van der Waals surface area contributed by atoms with E-state index in [1.54, 1.807) is 23.3 Å². The molecule has 2 aliphatic rings. The summed E-state index contributed by atoms with van der Waals surface area (Å²) in [5.41, 5.74) is 0. The van der Waals surface area contributed by atoms with Crippen LogP contribution < -0.4 is 5.32 Å². The number of amides is 2. The van der Waals surface area contributed by atoms with E-state index >= 15 is 0 Å². The van der Waals surface area contributed by atoms with E-state index in [2.05, 4.69) is 10.2 Å². The number of carbonyl (C=O) groups excluding carboxylic acids is 2. The smallest absolute Gasteiger partial charge is 0.290 e. The van der Waals surface area contributed by atoms with Gasteiger partial charge in [0.15, 0.2) is 5.76 Å². The SMILES string of the molecule is O=C(NCC(c1ccco1)N1CCCCC1)[C@@H]1CCCN1C(=O)c1ccco1. The van der Waals surface area contributed by atoms with Crippen molar-refractivity contribution in [1.29, 1.82) is 0 Å². The van der Waals surface area contributed by atoms with Gasteiger partial charge in [-0.15, -0.1) is 0 Å². The summed E-state index contributed by atoms with van der Waals surface area (Å²) in [5.74, 6) is 0.825. The zero-order valence-electron chi connectivity index (χ0n) is 16.0. The summed E-state index contributed by atoms with van der Waals surface area (Å²) in [5, 5.41) is 3.08. The first-order valence-electron chi connectivity index (χ1n) is 10.1. The minimum Gasteiger partial charge on any atom is -0.468 e. The second-order valence-corrected chi connectivity index (χ2v) is 7.51. The van der Waals surface area contributed by atoms with Crippen LogP contribution in [-0.2, 0) is 4.79 Å². The molecule has 28 heavy (non-hydrogen) atoms. The van der Waals surface area contributed by atoms with Gasteiger partial charge in [0.1, 0.15) is 11.8 Å². The van der Waals surface area contributed by atoms with Gasteiger partial charge in [-0.05, 0) is 63.0 Å². The second kappa shape index (κ2) is 8.65. The van der Waals surface area contributed by atoms with Gasteiger partial charge in [0, 0.05) is 13.1 Å². The molecule has 1 N–H and O–H groups in total. The number of carbonyl (C=O) groups is 2. The highest BCUT2D eigenvalue weighted by atomic mass is 16.3. The van der Waals surface area contributed by atoms with Crippen molar-refractivity contribution in [2.75, 3.05) is 26.2 Å². The summed E-state index contributed by atoms with van der Waals surface area (Å²) >= 11 is 0. The minimum atomic E-state index is -0.448. The molecule has 0 bridgehead atoms. The molecule has 0 spiro atoms. The molecule has 2 fully saturated rings. The molecule has 2 atom stereocenters. The first kappa shape index (κ1) is 18.8. The molecule has 4 rings (SSSR count). The number of furan rings is 2. The molecular formula is C21H27N3O4. The number of piperidine rings is 1. The lowest BCUT2D eigenvalue weighted by Crippen LogP contribution is -2.48. The Balaban J connectivity index is 1.40. The van der Waals surface area contributed by atoms with Crippen molar-refractivity contribution in [3.05, 3.63) is 48.3 Å². The Kier molecular flexibility index (Phi) is 5.81. The van der Waals surface area contributed by atoms with Crippen molar-refractivity contribution >= 4 is 11.8 Å². The number of hydrogen-bond acceptors (Lipinski definition) is 5. The quantitative estimate of drug-likeness (QED) is 0.827. The van der Waals surface area contributed by atoms with Crippen molar-refractivity contribution < 1.29 is 18.4 Å². The van der Waals surface area contributed by atoms with E-state index in [9.17, 15) is 9.59 Å². The van der Waals surface area contributed by atoms with Crippen LogP contribution in [0.25, 0.3) is 0 Å². The van der Waals surface area contributed by atoms with E-state index in [4.69, 9.17) is 8.83 Å². The first-order valence-corrected chi connectivity index (χ1v) is 10.1. The summed E-state index contributed by atoms with van der Waals surface area (Å²) in [6.45, 7) is 3.07. The lowest BCUT2D eigenvalue weighted by Gasteiger charge is -2.34. The zero-order chi connectivity index (χ0) is 19.3. The monoisotopic (exact) mass is 385 g/mol. The molecule has 2 aromatic rings. The highest BCUT2D eigenvalue weighted by Gasteiger charge is 2.36. The van der Waals surface area contributed by atoms with Crippen LogP contribution in [-0.4, -0.2) is 53.8 Å². The Labute approximate surface area is 164 Å². The molecule has 7 nitrogen and oxygen atoms in total. The van der Waals surface area contributed by atoms with Gasteiger partial charge < -0.3 is 19.1 Å². The highest BCUT2D eigenvalue weighted by molar-refractivity contribution is 5.95. The topological polar surface area (TPSA) is 78.9 Å². The third kappa shape index (κ3) is 3.99. The molecule has 2 aliphatic heterocycles. The third-order valence-electron chi connectivity index (χ3n) is 5.72. The van der Waals surface area contributed by atoms with Gasteiger partial charge in [-0.25, -0.2) is 0 Å². The fraction of sp³-hybridized carbons (Fsp3) is 0.524. The standard InChI is InChI=1S/C21H27N3O4/c25-20(16-7-4-12-24(16)21(26)19-9-6-14-28-19)22-15-17(18-8-5-13-27-18)23-10-2-1-3-11-23/h5-6,8-9,13-14,16-17H,1-4,7,10-12,15H2,(H,22,25)/t16-,17?/m0/s1.